The molecule has 0 radical (unpaired) electrons. The van der Waals surface area contributed by atoms with Gasteiger partial charge < -0.3 is 4.74 Å². The van der Waals surface area contributed by atoms with Gasteiger partial charge in [-0.15, -0.1) is 0 Å². The SMILES string of the molecule is COC(=O)C1CC(Br)CN1C. The van der Waals surface area contributed by atoms with Crippen LogP contribution in [0.5, 0.6) is 0 Å². The maximum absolute atomic E-state index is 11.1. The fraction of sp³-hybridized carbons (Fsp3) is 0.857. The lowest BCUT2D eigenvalue weighted by Crippen LogP contribution is -2.33. The number of rotatable bonds is 1. The van der Waals surface area contributed by atoms with Gasteiger partial charge in [-0.1, -0.05) is 15.9 Å². The van der Waals surface area contributed by atoms with E-state index in [9.17, 15) is 4.79 Å². The van der Waals surface area contributed by atoms with E-state index < -0.39 is 0 Å². The Morgan fingerprint density at radius 1 is 1.73 bits per heavy atom. The molecule has 2 atom stereocenters. The van der Waals surface area contributed by atoms with Crippen molar-refractivity contribution in [2.45, 2.75) is 17.3 Å². The lowest BCUT2D eigenvalue weighted by atomic mass is 10.2. The minimum absolute atomic E-state index is 0.0515. The minimum atomic E-state index is -0.130. The lowest BCUT2D eigenvalue weighted by molar-refractivity contribution is -0.145. The highest BCUT2D eigenvalue weighted by atomic mass is 79.9. The van der Waals surface area contributed by atoms with E-state index in [0.29, 0.717) is 4.83 Å². The Morgan fingerprint density at radius 3 is 2.73 bits per heavy atom. The molecule has 0 amide bonds. The van der Waals surface area contributed by atoms with Gasteiger partial charge in [-0.2, -0.15) is 0 Å². The summed E-state index contributed by atoms with van der Waals surface area (Å²) in [5, 5.41) is 0. The van der Waals surface area contributed by atoms with Gasteiger partial charge in [0.1, 0.15) is 6.04 Å². The van der Waals surface area contributed by atoms with Gasteiger partial charge >= 0.3 is 5.97 Å². The molecular weight excluding hydrogens is 210 g/mol. The largest absolute Gasteiger partial charge is 0.468 e. The van der Waals surface area contributed by atoms with Crippen molar-refractivity contribution in [1.29, 1.82) is 0 Å². The highest BCUT2D eigenvalue weighted by Gasteiger charge is 2.33. The second-order valence-corrected chi connectivity index (χ2v) is 4.11. The number of likely N-dealkylation sites (N-methyl/N-ethyl adjacent to an activating group) is 1. The summed E-state index contributed by atoms with van der Waals surface area (Å²) in [4.78, 5) is 13.5. The molecule has 1 saturated heterocycles. The van der Waals surface area contributed by atoms with Crippen LogP contribution in [0.3, 0.4) is 0 Å². The molecule has 4 heteroatoms. The number of hydrogen-bond donors (Lipinski definition) is 0. The summed E-state index contributed by atoms with van der Waals surface area (Å²) in [5.41, 5.74) is 0. The van der Waals surface area contributed by atoms with Crippen LogP contribution >= 0.6 is 15.9 Å². The molecular formula is C7H12BrNO2. The number of carbonyl (C=O) groups excluding carboxylic acids is 1. The molecule has 1 aliphatic rings. The fourth-order valence-electron chi connectivity index (χ4n) is 1.35. The zero-order valence-corrected chi connectivity index (χ0v) is 8.30. The summed E-state index contributed by atoms with van der Waals surface area (Å²) in [6, 6.07) is -0.0515. The molecule has 0 bridgehead atoms. The van der Waals surface area contributed by atoms with Gasteiger partial charge in [0.2, 0.25) is 0 Å². The van der Waals surface area contributed by atoms with Crippen LogP contribution in [0.15, 0.2) is 0 Å². The molecule has 64 valence electrons. The average Bonchev–Trinajstić information content (AvgIpc) is 2.28. The van der Waals surface area contributed by atoms with Gasteiger partial charge in [-0.25, -0.2) is 0 Å². The minimum Gasteiger partial charge on any atom is -0.468 e. The Morgan fingerprint density at radius 2 is 2.36 bits per heavy atom. The summed E-state index contributed by atoms with van der Waals surface area (Å²) < 4.78 is 4.65. The topological polar surface area (TPSA) is 29.5 Å². The summed E-state index contributed by atoms with van der Waals surface area (Å²) in [6.07, 6.45) is 0.850. The first-order valence-corrected chi connectivity index (χ1v) is 4.49. The molecule has 1 rings (SSSR count). The van der Waals surface area contributed by atoms with Crippen LogP contribution in [0.25, 0.3) is 0 Å². The second-order valence-electron chi connectivity index (χ2n) is 2.81. The van der Waals surface area contributed by atoms with E-state index in [2.05, 4.69) is 20.7 Å². The summed E-state index contributed by atoms with van der Waals surface area (Å²) in [6.45, 7) is 0.916. The van der Waals surface area contributed by atoms with E-state index in [1.807, 2.05) is 11.9 Å². The number of hydrogen-bond acceptors (Lipinski definition) is 3. The lowest BCUT2D eigenvalue weighted by Gasteiger charge is -2.15. The van der Waals surface area contributed by atoms with Crippen LogP contribution in [0.2, 0.25) is 0 Å². The van der Waals surface area contributed by atoms with Gasteiger partial charge in [-0.05, 0) is 13.5 Å². The first-order valence-electron chi connectivity index (χ1n) is 3.57. The summed E-state index contributed by atoms with van der Waals surface area (Å²) >= 11 is 3.47. The van der Waals surface area contributed by atoms with Crippen LogP contribution in [0, 0.1) is 0 Å². The highest BCUT2D eigenvalue weighted by molar-refractivity contribution is 9.09. The van der Waals surface area contributed by atoms with Crippen molar-refractivity contribution in [3.63, 3.8) is 0 Å². The standard InChI is InChI=1S/C7H12BrNO2/c1-9-4-5(8)3-6(9)7(10)11-2/h5-6H,3-4H2,1-2H3. The van der Waals surface area contributed by atoms with Crippen molar-refractivity contribution in [3.05, 3.63) is 0 Å². The molecule has 11 heavy (non-hydrogen) atoms. The van der Waals surface area contributed by atoms with Gasteiger partial charge in [0.15, 0.2) is 0 Å². The summed E-state index contributed by atoms with van der Waals surface area (Å²) in [7, 11) is 3.36. The quantitative estimate of drug-likeness (QED) is 0.481. The van der Waals surface area contributed by atoms with Gasteiger partial charge in [0.05, 0.1) is 7.11 Å². The van der Waals surface area contributed by atoms with Crippen molar-refractivity contribution in [1.82, 2.24) is 4.90 Å². The maximum Gasteiger partial charge on any atom is 0.323 e. The smallest absolute Gasteiger partial charge is 0.323 e. The molecule has 0 aromatic heterocycles. The van der Waals surface area contributed by atoms with Gasteiger partial charge in [0.25, 0.3) is 0 Å². The highest BCUT2D eigenvalue weighted by Crippen LogP contribution is 2.22. The molecule has 1 heterocycles. The molecule has 2 unspecified atom stereocenters. The van der Waals surface area contributed by atoms with Crippen LogP contribution < -0.4 is 0 Å². The first kappa shape index (κ1) is 9.00. The van der Waals surface area contributed by atoms with Gasteiger partial charge in [0, 0.05) is 11.4 Å². The predicted molar refractivity (Wildman–Crippen MR) is 45.8 cm³/mol. The Balaban J connectivity index is 2.52. The third-order valence-corrected chi connectivity index (χ3v) is 2.63. The Hall–Kier alpha value is -0.0900. The zero-order chi connectivity index (χ0) is 8.43. The number of esters is 1. The van der Waals surface area contributed by atoms with E-state index in [1.54, 1.807) is 0 Å². The van der Waals surface area contributed by atoms with Crippen molar-refractivity contribution in [3.8, 4) is 0 Å². The molecule has 0 aromatic carbocycles. The van der Waals surface area contributed by atoms with Crippen LogP contribution in [-0.2, 0) is 9.53 Å². The number of ether oxygens (including phenoxy) is 1. The van der Waals surface area contributed by atoms with Crippen LogP contribution in [-0.4, -0.2) is 42.4 Å². The van der Waals surface area contributed by atoms with Crippen molar-refractivity contribution >= 4 is 21.9 Å². The molecule has 0 N–H and O–H groups in total. The van der Waals surface area contributed by atoms with E-state index in [4.69, 9.17) is 0 Å². The Kier molecular flexibility index (Phi) is 2.90. The van der Waals surface area contributed by atoms with E-state index in [1.165, 1.54) is 7.11 Å². The monoisotopic (exact) mass is 221 g/mol. The van der Waals surface area contributed by atoms with E-state index in [-0.39, 0.29) is 12.0 Å². The number of likely N-dealkylation sites (tertiary alicyclic amines) is 1. The van der Waals surface area contributed by atoms with Crippen molar-refractivity contribution < 1.29 is 9.53 Å². The Labute approximate surface area is 74.8 Å². The van der Waals surface area contributed by atoms with Crippen LogP contribution in [0.1, 0.15) is 6.42 Å². The molecule has 1 fully saturated rings. The van der Waals surface area contributed by atoms with Gasteiger partial charge in [-0.3, -0.25) is 9.69 Å². The number of methoxy groups -OCH3 is 1. The molecule has 3 nitrogen and oxygen atoms in total. The predicted octanol–water partition coefficient (Wildman–Crippen LogP) is 0.627. The zero-order valence-electron chi connectivity index (χ0n) is 6.71. The number of alkyl halides is 1. The normalized spacial score (nSPS) is 32.3. The fourth-order valence-corrected chi connectivity index (χ4v) is 2.16. The molecule has 1 aliphatic heterocycles. The van der Waals surface area contributed by atoms with Crippen molar-refractivity contribution in [2.24, 2.45) is 0 Å². The average molecular weight is 222 g/mol. The molecule has 0 aromatic rings. The Bertz CT molecular complexity index is 163. The number of halogens is 1. The molecule has 0 aliphatic carbocycles. The second kappa shape index (κ2) is 3.54. The maximum atomic E-state index is 11.1. The first-order chi connectivity index (χ1) is 5.15. The molecule has 0 saturated carbocycles. The van der Waals surface area contributed by atoms with E-state index >= 15 is 0 Å². The third-order valence-electron chi connectivity index (χ3n) is 1.97. The van der Waals surface area contributed by atoms with E-state index in [0.717, 1.165) is 13.0 Å². The number of nitrogens with zero attached hydrogens (tertiary/aromatic N) is 1. The van der Waals surface area contributed by atoms with Crippen molar-refractivity contribution in [2.75, 3.05) is 20.7 Å². The number of carbonyl (C=O) groups is 1. The van der Waals surface area contributed by atoms with Crippen LogP contribution in [0.4, 0.5) is 0 Å². The summed E-state index contributed by atoms with van der Waals surface area (Å²) in [5.74, 6) is -0.130. The third kappa shape index (κ3) is 1.93. The molecule has 0 spiro atoms.